The fraction of sp³-hybridized carbons (Fsp3) is 1.00. The van der Waals surface area contributed by atoms with Crippen molar-refractivity contribution >= 4 is 0 Å². The highest BCUT2D eigenvalue weighted by molar-refractivity contribution is 4.79. The van der Waals surface area contributed by atoms with Crippen molar-refractivity contribution < 1.29 is 14.9 Å². The van der Waals surface area contributed by atoms with E-state index in [4.69, 9.17) is 9.84 Å². The Kier molecular flexibility index (Phi) is 2.05. The summed E-state index contributed by atoms with van der Waals surface area (Å²) in [6.45, 7) is 2.39. The van der Waals surface area contributed by atoms with E-state index < -0.39 is 6.10 Å². The molecule has 1 aliphatic rings. The third-order valence-electron chi connectivity index (χ3n) is 1.72. The summed E-state index contributed by atoms with van der Waals surface area (Å²) in [7, 11) is 0. The third-order valence-corrected chi connectivity index (χ3v) is 1.72. The Bertz CT molecular complexity index is 94.3. The summed E-state index contributed by atoms with van der Waals surface area (Å²) in [6.07, 6.45) is -0.824. The number of aliphatic hydroxyl groups excluding tert-OH is 2. The van der Waals surface area contributed by atoms with Crippen LogP contribution in [0, 0.1) is 5.92 Å². The molecule has 9 heavy (non-hydrogen) atoms. The molecule has 0 amide bonds. The van der Waals surface area contributed by atoms with Gasteiger partial charge in [-0.2, -0.15) is 0 Å². The number of aliphatic hydroxyl groups is 2. The Hall–Kier alpha value is -0.120. The fourth-order valence-corrected chi connectivity index (χ4v) is 1.000. The largest absolute Gasteiger partial charge is 0.394 e. The van der Waals surface area contributed by atoms with Crippen molar-refractivity contribution in [3.63, 3.8) is 0 Å². The summed E-state index contributed by atoms with van der Waals surface area (Å²) in [4.78, 5) is 0. The summed E-state index contributed by atoms with van der Waals surface area (Å²) >= 11 is 0. The van der Waals surface area contributed by atoms with Crippen molar-refractivity contribution in [1.29, 1.82) is 0 Å². The van der Waals surface area contributed by atoms with Crippen LogP contribution in [-0.2, 0) is 4.74 Å². The van der Waals surface area contributed by atoms with Gasteiger partial charge in [0.05, 0.1) is 19.3 Å². The number of hydrogen-bond donors (Lipinski definition) is 2. The smallest absolute Gasteiger partial charge is 0.107 e. The van der Waals surface area contributed by atoms with Gasteiger partial charge in [0.15, 0.2) is 0 Å². The first-order chi connectivity index (χ1) is 4.25. The second-order valence-corrected chi connectivity index (χ2v) is 2.52. The highest BCUT2D eigenvalue weighted by Gasteiger charge is 2.31. The van der Waals surface area contributed by atoms with E-state index in [2.05, 4.69) is 0 Å². The molecule has 0 aliphatic carbocycles. The molecule has 1 unspecified atom stereocenters. The minimum Gasteiger partial charge on any atom is -0.394 e. The van der Waals surface area contributed by atoms with Gasteiger partial charge in [0.1, 0.15) is 6.10 Å². The SMILES string of the molecule is C[C@@H]1CO[C@H](CO)C1O. The fourth-order valence-electron chi connectivity index (χ4n) is 1.000. The Morgan fingerprint density at radius 2 is 2.33 bits per heavy atom. The van der Waals surface area contributed by atoms with E-state index in [9.17, 15) is 5.11 Å². The number of rotatable bonds is 1. The van der Waals surface area contributed by atoms with E-state index in [0.717, 1.165) is 0 Å². The minimum absolute atomic E-state index is 0.0779. The molecule has 0 saturated carbocycles. The standard InChI is InChI=1S/C6H12O3/c1-4-3-9-5(2-7)6(4)8/h4-8H,2-3H2,1H3/t4-,5-,6?/m1/s1. The first kappa shape index (κ1) is 6.99. The molecule has 54 valence electrons. The molecule has 3 heteroatoms. The highest BCUT2D eigenvalue weighted by Crippen LogP contribution is 2.18. The minimum atomic E-state index is -0.477. The van der Waals surface area contributed by atoms with Crippen LogP contribution in [-0.4, -0.2) is 35.6 Å². The van der Waals surface area contributed by atoms with Gasteiger partial charge in [-0.15, -0.1) is 0 Å². The molecule has 0 aromatic heterocycles. The van der Waals surface area contributed by atoms with Gasteiger partial charge in [0.25, 0.3) is 0 Å². The van der Waals surface area contributed by atoms with Gasteiger partial charge < -0.3 is 14.9 Å². The van der Waals surface area contributed by atoms with Gasteiger partial charge in [-0.1, -0.05) is 6.92 Å². The maximum absolute atomic E-state index is 9.17. The van der Waals surface area contributed by atoms with Crippen LogP contribution in [0.25, 0.3) is 0 Å². The average Bonchev–Trinajstić information content (AvgIpc) is 2.15. The molecule has 0 bridgehead atoms. The number of hydrogen-bond acceptors (Lipinski definition) is 3. The number of ether oxygens (including phenoxy) is 1. The van der Waals surface area contributed by atoms with Gasteiger partial charge in [0, 0.05) is 5.92 Å². The van der Waals surface area contributed by atoms with Crippen molar-refractivity contribution in [3.8, 4) is 0 Å². The van der Waals surface area contributed by atoms with Crippen molar-refractivity contribution in [3.05, 3.63) is 0 Å². The van der Waals surface area contributed by atoms with Gasteiger partial charge in [-0.25, -0.2) is 0 Å². The molecule has 2 N–H and O–H groups in total. The van der Waals surface area contributed by atoms with Gasteiger partial charge in [-0.3, -0.25) is 0 Å². The van der Waals surface area contributed by atoms with E-state index in [1.54, 1.807) is 0 Å². The van der Waals surface area contributed by atoms with Crippen LogP contribution in [0.1, 0.15) is 6.92 Å². The molecule has 0 aromatic carbocycles. The first-order valence-electron chi connectivity index (χ1n) is 3.16. The van der Waals surface area contributed by atoms with E-state index >= 15 is 0 Å². The van der Waals surface area contributed by atoms with Crippen LogP contribution in [0.2, 0.25) is 0 Å². The Labute approximate surface area is 54.3 Å². The van der Waals surface area contributed by atoms with Gasteiger partial charge >= 0.3 is 0 Å². The van der Waals surface area contributed by atoms with Crippen molar-refractivity contribution in [2.75, 3.05) is 13.2 Å². The Morgan fingerprint density at radius 3 is 2.56 bits per heavy atom. The molecule has 1 saturated heterocycles. The molecular weight excluding hydrogens is 120 g/mol. The zero-order chi connectivity index (χ0) is 6.85. The zero-order valence-electron chi connectivity index (χ0n) is 5.45. The van der Waals surface area contributed by atoms with Crippen LogP contribution < -0.4 is 0 Å². The van der Waals surface area contributed by atoms with E-state index in [0.29, 0.717) is 6.61 Å². The molecule has 0 radical (unpaired) electrons. The zero-order valence-corrected chi connectivity index (χ0v) is 5.45. The predicted molar refractivity (Wildman–Crippen MR) is 32.0 cm³/mol. The van der Waals surface area contributed by atoms with Gasteiger partial charge in [0.2, 0.25) is 0 Å². The Balaban J connectivity index is 2.41. The van der Waals surface area contributed by atoms with Crippen LogP contribution in [0.15, 0.2) is 0 Å². The second-order valence-electron chi connectivity index (χ2n) is 2.52. The highest BCUT2D eigenvalue weighted by atomic mass is 16.5. The summed E-state index contributed by atoms with van der Waals surface area (Å²) in [6, 6.07) is 0. The van der Waals surface area contributed by atoms with Crippen LogP contribution in [0.3, 0.4) is 0 Å². The molecule has 3 nitrogen and oxygen atoms in total. The summed E-state index contributed by atoms with van der Waals surface area (Å²) < 4.78 is 5.03. The van der Waals surface area contributed by atoms with E-state index in [1.165, 1.54) is 0 Å². The third kappa shape index (κ3) is 1.23. The van der Waals surface area contributed by atoms with E-state index in [1.807, 2.05) is 6.92 Å². The molecule has 0 spiro atoms. The van der Waals surface area contributed by atoms with Crippen molar-refractivity contribution in [2.24, 2.45) is 5.92 Å². The second kappa shape index (κ2) is 2.64. The maximum Gasteiger partial charge on any atom is 0.107 e. The molecule has 1 fully saturated rings. The van der Waals surface area contributed by atoms with Crippen LogP contribution in [0.4, 0.5) is 0 Å². The Morgan fingerprint density at radius 1 is 1.67 bits per heavy atom. The first-order valence-corrected chi connectivity index (χ1v) is 3.16. The lowest BCUT2D eigenvalue weighted by Crippen LogP contribution is -2.27. The molecule has 3 atom stereocenters. The molecule has 1 rings (SSSR count). The average molecular weight is 132 g/mol. The lowest BCUT2D eigenvalue weighted by Gasteiger charge is -2.10. The van der Waals surface area contributed by atoms with Crippen LogP contribution >= 0.6 is 0 Å². The lowest BCUT2D eigenvalue weighted by molar-refractivity contribution is 0.00208. The predicted octanol–water partition coefficient (Wildman–Crippen LogP) is -0.626. The monoisotopic (exact) mass is 132 g/mol. The molecular formula is C6H12O3. The summed E-state index contributed by atoms with van der Waals surface area (Å²) in [5.74, 6) is 0.169. The van der Waals surface area contributed by atoms with Gasteiger partial charge in [-0.05, 0) is 0 Å². The van der Waals surface area contributed by atoms with E-state index in [-0.39, 0.29) is 18.6 Å². The quantitative estimate of drug-likeness (QED) is 0.499. The lowest BCUT2D eigenvalue weighted by atomic mass is 10.1. The summed E-state index contributed by atoms with van der Waals surface area (Å²) in [5.41, 5.74) is 0. The topological polar surface area (TPSA) is 49.7 Å². The summed E-state index contributed by atoms with van der Waals surface area (Å²) in [5, 5.41) is 17.7. The molecule has 0 aromatic rings. The van der Waals surface area contributed by atoms with Crippen molar-refractivity contribution in [1.82, 2.24) is 0 Å². The van der Waals surface area contributed by atoms with Crippen LogP contribution in [0.5, 0.6) is 0 Å². The molecule has 1 heterocycles. The maximum atomic E-state index is 9.17. The normalized spacial score (nSPS) is 43.7. The molecule has 1 aliphatic heterocycles. The van der Waals surface area contributed by atoms with Crippen molar-refractivity contribution in [2.45, 2.75) is 19.1 Å².